The lowest BCUT2D eigenvalue weighted by molar-refractivity contribution is -0.147. The highest BCUT2D eigenvalue weighted by Gasteiger charge is 2.21. The maximum absolute atomic E-state index is 12.3. The van der Waals surface area contributed by atoms with Crippen molar-refractivity contribution in [3.8, 4) is 0 Å². The normalized spacial score (nSPS) is 12.1. The molecule has 2 atom stereocenters. The molecule has 0 spiro atoms. The van der Waals surface area contributed by atoms with Crippen molar-refractivity contribution in [3.05, 3.63) is 12.2 Å². The zero-order valence-electron chi connectivity index (χ0n) is 43.6. The van der Waals surface area contributed by atoms with Crippen LogP contribution in [0.15, 0.2) is 12.2 Å². The fraction of sp³-hybridized carbons (Fsp3) is 0.877. The Morgan fingerprint density at radius 3 is 0.894 bits per heavy atom. The molecule has 0 heterocycles. The zero-order valence-corrected chi connectivity index (χ0v) is 43.6. The number of ketones is 1. The van der Waals surface area contributed by atoms with E-state index < -0.39 is 5.97 Å². The molecule has 0 bridgehead atoms. The van der Waals surface area contributed by atoms with Gasteiger partial charge in [-0.3, -0.25) is 24.0 Å². The number of hydrogen-bond donors (Lipinski definition) is 0. The molecule has 2 unspecified atom stereocenters. The molecule has 0 rings (SSSR count). The van der Waals surface area contributed by atoms with Crippen LogP contribution in [0.1, 0.15) is 285 Å². The van der Waals surface area contributed by atoms with Gasteiger partial charge in [-0.1, -0.05) is 206 Å². The van der Waals surface area contributed by atoms with Crippen molar-refractivity contribution >= 4 is 29.7 Å². The monoisotopic (exact) mass is 933 g/mol. The third-order valence-electron chi connectivity index (χ3n) is 12.9. The van der Waals surface area contributed by atoms with Gasteiger partial charge in [-0.25, -0.2) is 0 Å². The lowest BCUT2D eigenvalue weighted by Gasteiger charge is -2.28. The molecule has 0 saturated heterocycles. The van der Waals surface area contributed by atoms with Crippen LogP contribution in [0.3, 0.4) is 0 Å². The quantitative estimate of drug-likeness (QED) is 0.0193. The number of ether oxygens (including phenoxy) is 4. The van der Waals surface area contributed by atoms with Crippen LogP contribution in [-0.2, 0) is 42.9 Å². The minimum Gasteiger partial charge on any atom is -0.466 e. The summed E-state index contributed by atoms with van der Waals surface area (Å²) in [6, 6.07) is 0. The molecule has 0 aliphatic heterocycles. The minimum absolute atomic E-state index is 0.121. The second-order valence-corrected chi connectivity index (χ2v) is 19.7. The molecular weight excluding hydrogens is 829 g/mol. The van der Waals surface area contributed by atoms with Crippen molar-refractivity contribution in [2.75, 3.05) is 26.4 Å². The predicted molar refractivity (Wildman–Crippen MR) is 272 cm³/mol. The highest BCUT2D eigenvalue weighted by Crippen LogP contribution is 2.34. The van der Waals surface area contributed by atoms with Crippen molar-refractivity contribution in [2.45, 2.75) is 285 Å². The lowest BCUT2D eigenvalue weighted by atomic mass is 9.78. The van der Waals surface area contributed by atoms with Gasteiger partial charge in [0.25, 0.3) is 0 Å². The molecule has 0 radical (unpaired) electrons. The molecule has 0 aromatic heterocycles. The van der Waals surface area contributed by atoms with E-state index in [9.17, 15) is 24.0 Å². The van der Waals surface area contributed by atoms with Gasteiger partial charge in [0.15, 0.2) is 0 Å². The second kappa shape index (κ2) is 48.7. The molecule has 9 nitrogen and oxygen atoms in total. The van der Waals surface area contributed by atoms with E-state index in [2.05, 4.69) is 20.4 Å². The van der Waals surface area contributed by atoms with Crippen LogP contribution in [0.2, 0.25) is 0 Å². The Labute approximate surface area is 406 Å². The summed E-state index contributed by atoms with van der Waals surface area (Å²) < 4.78 is 21.4. The van der Waals surface area contributed by atoms with Gasteiger partial charge in [0.05, 0.1) is 32.8 Å². The fourth-order valence-electron chi connectivity index (χ4n) is 8.93. The Hall–Kier alpha value is -2.71. The molecule has 9 heteroatoms. The number of carbonyl (C=O) groups excluding carboxylic acids is 5. The van der Waals surface area contributed by atoms with Crippen molar-refractivity contribution in [3.63, 3.8) is 0 Å². The summed E-state index contributed by atoms with van der Waals surface area (Å²) in [6.45, 7) is 13.2. The van der Waals surface area contributed by atoms with Crippen LogP contribution in [-0.4, -0.2) is 56.1 Å². The van der Waals surface area contributed by atoms with E-state index in [-0.39, 0.29) is 43.1 Å². The Morgan fingerprint density at radius 1 is 0.333 bits per heavy atom. The predicted octanol–water partition coefficient (Wildman–Crippen LogP) is 16.2. The van der Waals surface area contributed by atoms with Crippen LogP contribution in [0.4, 0.5) is 0 Å². The van der Waals surface area contributed by atoms with Crippen LogP contribution in [0.25, 0.3) is 0 Å². The SMILES string of the molecule is C=C(C)CC(=O)OCCCCCC(=O)OCCCCCCC(CCCCCCCCCCC)C(CCCCCCCCCCC)CCCCCCOC(=O)CCCCCOC(=O)CC(C)=O. The summed E-state index contributed by atoms with van der Waals surface area (Å²) in [5, 5.41) is 0. The van der Waals surface area contributed by atoms with Gasteiger partial charge in [0.2, 0.25) is 0 Å². The second-order valence-electron chi connectivity index (χ2n) is 19.7. The smallest absolute Gasteiger partial charge is 0.313 e. The van der Waals surface area contributed by atoms with Crippen LogP contribution in [0, 0.1) is 11.8 Å². The Kier molecular flexibility index (Phi) is 46.7. The molecule has 66 heavy (non-hydrogen) atoms. The molecule has 0 aromatic carbocycles. The Bertz CT molecular complexity index is 1090. The zero-order chi connectivity index (χ0) is 48.6. The third kappa shape index (κ3) is 46.4. The number of Topliss-reactive ketones (excluding diaryl/α,β-unsaturated/α-hetero) is 1. The number of esters is 4. The van der Waals surface area contributed by atoms with Crippen molar-refractivity contribution in [2.24, 2.45) is 11.8 Å². The van der Waals surface area contributed by atoms with E-state index in [0.29, 0.717) is 45.5 Å². The molecule has 0 aliphatic rings. The molecule has 0 saturated carbocycles. The first-order valence-corrected chi connectivity index (χ1v) is 27.8. The summed E-state index contributed by atoms with van der Waals surface area (Å²) in [4.78, 5) is 58.7. The Balaban J connectivity index is 4.91. The number of unbranched alkanes of at least 4 members (excludes halogenated alkanes) is 26. The van der Waals surface area contributed by atoms with Gasteiger partial charge in [-0.2, -0.15) is 0 Å². The van der Waals surface area contributed by atoms with E-state index in [1.165, 1.54) is 174 Å². The minimum atomic E-state index is -0.482. The maximum atomic E-state index is 12.3. The lowest BCUT2D eigenvalue weighted by Crippen LogP contribution is -2.16. The van der Waals surface area contributed by atoms with E-state index in [4.69, 9.17) is 18.9 Å². The summed E-state index contributed by atoms with van der Waals surface area (Å²) >= 11 is 0. The van der Waals surface area contributed by atoms with Crippen LogP contribution >= 0.6 is 0 Å². The van der Waals surface area contributed by atoms with E-state index >= 15 is 0 Å². The van der Waals surface area contributed by atoms with Crippen molar-refractivity contribution in [1.29, 1.82) is 0 Å². The van der Waals surface area contributed by atoms with Gasteiger partial charge >= 0.3 is 23.9 Å². The van der Waals surface area contributed by atoms with Gasteiger partial charge < -0.3 is 18.9 Å². The number of hydrogen-bond acceptors (Lipinski definition) is 9. The largest absolute Gasteiger partial charge is 0.466 e. The van der Waals surface area contributed by atoms with E-state index in [1.807, 2.05) is 6.92 Å². The average molecular weight is 933 g/mol. The maximum Gasteiger partial charge on any atom is 0.313 e. The molecule has 0 aliphatic carbocycles. The summed E-state index contributed by atoms with van der Waals surface area (Å²) in [5.74, 6) is 0.378. The molecule has 0 fully saturated rings. The van der Waals surface area contributed by atoms with Gasteiger partial charge in [0.1, 0.15) is 12.2 Å². The van der Waals surface area contributed by atoms with Gasteiger partial charge in [-0.05, 0) is 77.0 Å². The summed E-state index contributed by atoms with van der Waals surface area (Å²) in [7, 11) is 0. The summed E-state index contributed by atoms with van der Waals surface area (Å²) in [5.41, 5.74) is 0.799. The third-order valence-corrected chi connectivity index (χ3v) is 12.9. The first-order valence-electron chi connectivity index (χ1n) is 27.8. The summed E-state index contributed by atoms with van der Waals surface area (Å²) in [6.07, 6.45) is 44.2. The number of carbonyl (C=O) groups is 5. The molecule has 0 aromatic rings. The average Bonchev–Trinajstić information content (AvgIpc) is 3.27. The van der Waals surface area contributed by atoms with Crippen molar-refractivity contribution < 1.29 is 42.9 Å². The highest BCUT2D eigenvalue weighted by molar-refractivity contribution is 5.94. The molecule has 0 amide bonds. The van der Waals surface area contributed by atoms with Crippen LogP contribution in [0.5, 0.6) is 0 Å². The van der Waals surface area contributed by atoms with Crippen molar-refractivity contribution in [1.82, 2.24) is 0 Å². The Morgan fingerprint density at radius 2 is 0.591 bits per heavy atom. The van der Waals surface area contributed by atoms with E-state index in [0.717, 1.165) is 68.8 Å². The fourth-order valence-corrected chi connectivity index (χ4v) is 8.93. The van der Waals surface area contributed by atoms with E-state index in [1.54, 1.807) is 0 Å². The van der Waals surface area contributed by atoms with Crippen LogP contribution < -0.4 is 0 Å². The van der Waals surface area contributed by atoms with Gasteiger partial charge in [-0.15, -0.1) is 0 Å². The number of rotatable bonds is 51. The molecular formula is C57H104O9. The molecule has 0 N–H and O–H groups in total. The molecule has 386 valence electrons. The van der Waals surface area contributed by atoms with Gasteiger partial charge in [0, 0.05) is 12.8 Å². The first-order chi connectivity index (χ1) is 32.1. The first kappa shape index (κ1) is 63.3. The standard InChI is InChI=1S/C57H104O9/c1-6-8-10-12-14-16-18-20-28-38-52(40-30-22-24-34-44-63-54(59)42-32-26-36-46-65-56(61)48-50(3)4)53(39-29-21-19-17-15-13-11-9-7-2)41-31-23-25-35-45-64-55(60)43-33-27-37-47-66-57(62)49-51(5)58/h52-53H,3,6-49H2,1-2,4-5H3. The topological polar surface area (TPSA) is 122 Å². The highest BCUT2D eigenvalue weighted by atomic mass is 16.5.